The van der Waals surface area contributed by atoms with Gasteiger partial charge in [-0.15, -0.1) is 0 Å². The minimum absolute atomic E-state index is 0.165. The van der Waals surface area contributed by atoms with E-state index in [-0.39, 0.29) is 21.8 Å². The highest BCUT2D eigenvalue weighted by atomic mass is 32.2. The fourth-order valence-electron chi connectivity index (χ4n) is 7.99. The van der Waals surface area contributed by atoms with E-state index in [0.29, 0.717) is 29.8 Å². The van der Waals surface area contributed by atoms with Crippen LogP contribution in [0.15, 0.2) is 71.6 Å². The highest BCUT2D eigenvalue weighted by Crippen LogP contribution is 2.61. The third-order valence-corrected chi connectivity index (χ3v) is 12.4. The van der Waals surface area contributed by atoms with Gasteiger partial charge in [0.15, 0.2) is 0 Å². The minimum Gasteiger partial charge on any atom is -0.382 e. The van der Waals surface area contributed by atoms with Gasteiger partial charge in [-0.05, 0) is 102 Å². The molecule has 4 fully saturated rings. The zero-order chi connectivity index (χ0) is 32.6. The van der Waals surface area contributed by atoms with Crippen LogP contribution in [-0.4, -0.2) is 31.8 Å². The van der Waals surface area contributed by atoms with E-state index in [4.69, 9.17) is 0 Å². The van der Waals surface area contributed by atoms with E-state index in [9.17, 15) is 23.3 Å². The third kappa shape index (κ3) is 6.49. The van der Waals surface area contributed by atoms with Gasteiger partial charge in [-0.1, -0.05) is 64.3 Å². The fraction of sp³-hybridized carbons (Fsp3) is 0.472. The van der Waals surface area contributed by atoms with Crippen molar-refractivity contribution in [3.63, 3.8) is 0 Å². The van der Waals surface area contributed by atoms with Crippen LogP contribution in [0.4, 0.5) is 17.1 Å². The first-order valence-corrected chi connectivity index (χ1v) is 18.0. The summed E-state index contributed by atoms with van der Waals surface area (Å²) >= 11 is 0. The summed E-state index contributed by atoms with van der Waals surface area (Å²) in [5.74, 6) is 1.81. The van der Waals surface area contributed by atoms with Gasteiger partial charge in [0.2, 0.25) is 0 Å². The molecular formula is C36H44N4O5S. The number of carbonyl (C=O) groups is 1. The number of rotatable bonds is 10. The van der Waals surface area contributed by atoms with Crippen molar-refractivity contribution in [1.29, 1.82) is 0 Å². The van der Waals surface area contributed by atoms with Gasteiger partial charge in [-0.2, -0.15) is 0 Å². The van der Waals surface area contributed by atoms with Gasteiger partial charge in [0.1, 0.15) is 5.69 Å². The first-order chi connectivity index (χ1) is 21.9. The van der Waals surface area contributed by atoms with Crippen molar-refractivity contribution in [1.82, 2.24) is 4.72 Å². The smallest absolute Gasteiger partial charge is 0.293 e. The molecule has 2 bridgehead atoms. The lowest BCUT2D eigenvalue weighted by atomic mass is 9.45. The molecule has 0 aromatic heterocycles. The molecule has 0 heterocycles. The number of nitro benzene ring substituents is 1. The van der Waals surface area contributed by atoms with Gasteiger partial charge >= 0.3 is 0 Å². The molecule has 3 aromatic rings. The molecule has 4 aliphatic rings. The molecule has 0 saturated heterocycles. The Balaban J connectivity index is 1.07. The summed E-state index contributed by atoms with van der Waals surface area (Å²) in [4.78, 5) is 23.8. The average molecular weight is 645 g/mol. The highest BCUT2D eigenvalue weighted by Gasteiger charge is 2.56. The SMILES string of the molecule is C[C@@H]1[C@@H](Nc2ccc(-c3ccc(C(=O)NS(=O)(=O)c4ccc(NCC5CCCCC5)c([N+](=O)[O-])c4)cc3)cc2)C[C@H]2C[C@@H]1C2(C)C. The van der Waals surface area contributed by atoms with Crippen LogP contribution in [0.3, 0.4) is 0 Å². The van der Waals surface area contributed by atoms with Gasteiger partial charge in [0, 0.05) is 29.9 Å². The van der Waals surface area contributed by atoms with Crippen molar-refractivity contribution in [3.05, 3.63) is 82.4 Å². The molecule has 244 valence electrons. The Labute approximate surface area is 271 Å². The lowest BCUT2D eigenvalue weighted by Crippen LogP contribution is -2.58. The van der Waals surface area contributed by atoms with Gasteiger partial charge in [-0.3, -0.25) is 14.9 Å². The Hall–Kier alpha value is -3.92. The van der Waals surface area contributed by atoms with Crippen LogP contribution in [0.5, 0.6) is 0 Å². The molecule has 3 aromatic carbocycles. The second-order valence-electron chi connectivity index (χ2n) is 14.1. The second kappa shape index (κ2) is 12.7. The number of nitrogens with one attached hydrogen (secondary N) is 3. The molecule has 1 amide bonds. The first kappa shape index (κ1) is 32.0. The number of anilines is 2. The van der Waals surface area contributed by atoms with Crippen molar-refractivity contribution in [3.8, 4) is 11.1 Å². The van der Waals surface area contributed by atoms with E-state index in [1.807, 2.05) is 12.1 Å². The van der Waals surface area contributed by atoms with E-state index in [2.05, 4.69) is 48.3 Å². The second-order valence-corrected chi connectivity index (χ2v) is 15.8. The molecular weight excluding hydrogens is 600 g/mol. The van der Waals surface area contributed by atoms with Gasteiger partial charge in [0.25, 0.3) is 21.6 Å². The zero-order valence-electron chi connectivity index (χ0n) is 26.8. The van der Waals surface area contributed by atoms with Crippen LogP contribution < -0.4 is 15.4 Å². The molecule has 0 aliphatic heterocycles. The Morgan fingerprint density at radius 1 is 0.935 bits per heavy atom. The zero-order valence-corrected chi connectivity index (χ0v) is 27.6. The Kier molecular flexibility index (Phi) is 8.85. The molecule has 4 saturated carbocycles. The quantitative estimate of drug-likeness (QED) is 0.151. The molecule has 46 heavy (non-hydrogen) atoms. The molecule has 7 rings (SSSR count). The number of benzene rings is 3. The standard InChI is InChI=1S/C36H44N4O5S/c1-23-31-19-28(36(31,2)3)20-33(23)38-29-15-13-26(14-16-29)25-9-11-27(12-10-25)35(41)39-46(44,45)30-17-18-32(34(21-30)40(42)43)37-22-24-7-5-4-6-8-24/h9-18,21,23-24,28,31,33,37-38H,4-8,19-20,22H2,1-3H3,(H,39,41)/t23-,28+,31-,33-/m0/s1. The van der Waals surface area contributed by atoms with Crippen molar-refractivity contribution in [2.45, 2.75) is 76.7 Å². The summed E-state index contributed by atoms with van der Waals surface area (Å²) in [6, 6.07) is 19.1. The van der Waals surface area contributed by atoms with Crippen molar-refractivity contribution >= 4 is 33.0 Å². The Morgan fingerprint density at radius 2 is 1.59 bits per heavy atom. The largest absolute Gasteiger partial charge is 0.382 e. The van der Waals surface area contributed by atoms with Crippen LogP contribution in [0.1, 0.15) is 76.1 Å². The van der Waals surface area contributed by atoms with E-state index in [0.717, 1.165) is 60.4 Å². The van der Waals surface area contributed by atoms with Gasteiger partial charge in [-0.25, -0.2) is 13.1 Å². The number of amides is 1. The number of nitro groups is 1. The van der Waals surface area contributed by atoms with Crippen LogP contribution in [0, 0.1) is 39.2 Å². The number of nitrogens with zero attached hydrogens (tertiary/aromatic N) is 1. The first-order valence-electron chi connectivity index (χ1n) is 16.5. The van der Waals surface area contributed by atoms with Crippen LogP contribution in [-0.2, 0) is 10.0 Å². The lowest BCUT2D eigenvalue weighted by molar-refractivity contribution is -0.384. The number of hydrogen-bond donors (Lipinski definition) is 3. The lowest BCUT2D eigenvalue weighted by Gasteiger charge is -2.62. The predicted molar refractivity (Wildman–Crippen MR) is 181 cm³/mol. The summed E-state index contributed by atoms with van der Waals surface area (Å²) in [7, 11) is -4.35. The topological polar surface area (TPSA) is 130 Å². The summed E-state index contributed by atoms with van der Waals surface area (Å²) in [6.07, 6.45) is 8.21. The van der Waals surface area contributed by atoms with E-state index >= 15 is 0 Å². The fourth-order valence-corrected chi connectivity index (χ4v) is 8.99. The molecule has 0 radical (unpaired) electrons. The Bertz CT molecular complexity index is 1700. The predicted octanol–water partition coefficient (Wildman–Crippen LogP) is 7.86. The third-order valence-electron chi connectivity index (χ3n) is 11.1. The summed E-state index contributed by atoms with van der Waals surface area (Å²) < 4.78 is 28.2. The molecule has 10 heteroatoms. The molecule has 0 unspecified atom stereocenters. The summed E-state index contributed by atoms with van der Waals surface area (Å²) in [5, 5.41) is 18.7. The van der Waals surface area contributed by atoms with Gasteiger partial charge in [0.05, 0.1) is 9.82 Å². The van der Waals surface area contributed by atoms with Crippen LogP contribution in [0.25, 0.3) is 11.1 Å². The van der Waals surface area contributed by atoms with Crippen molar-refractivity contribution < 1.29 is 18.1 Å². The Morgan fingerprint density at radius 3 is 2.20 bits per heavy atom. The number of carbonyl (C=O) groups excluding carboxylic acids is 1. The maximum absolute atomic E-state index is 13.1. The van der Waals surface area contributed by atoms with E-state index in [1.165, 1.54) is 31.4 Å². The molecule has 4 atom stereocenters. The van der Waals surface area contributed by atoms with Crippen molar-refractivity contribution in [2.75, 3.05) is 17.2 Å². The number of fused-ring (bicyclic) bond motifs is 2. The molecule has 9 nitrogen and oxygen atoms in total. The van der Waals surface area contributed by atoms with Crippen molar-refractivity contribution in [2.24, 2.45) is 29.1 Å². The average Bonchev–Trinajstić information content (AvgIpc) is 3.05. The maximum Gasteiger partial charge on any atom is 0.293 e. The maximum atomic E-state index is 13.1. The highest BCUT2D eigenvalue weighted by molar-refractivity contribution is 7.90. The molecule has 3 N–H and O–H groups in total. The molecule has 0 spiro atoms. The summed E-state index contributed by atoms with van der Waals surface area (Å²) in [6.45, 7) is 7.78. The number of hydrogen-bond acceptors (Lipinski definition) is 7. The number of sulfonamides is 1. The minimum atomic E-state index is -4.35. The normalized spacial score (nSPS) is 24.0. The van der Waals surface area contributed by atoms with Gasteiger partial charge < -0.3 is 10.6 Å². The van der Waals surface area contributed by atoms with Crippen LogP contribution >= 0.6 is 0 Å². The molecule has 4 aliphatic carbocycles. The summed E-state index contributed by atoms with van der Waals surface area (Å²) in [5.41, 5.74) is 3.51. The monoisotopic (exact) mass is 644 g/mol. The van der Waals surface area contributed by atoms with E-state index < -0.39 is 20.9 Å². The van der Waals surface area contributed by atoms with E-state index in [1.54, 1.807) is 24.3 Å². The van der Waals surface area contributed by atoms with Crippen LogP contribution in [0.2, 0.25) is 0 Å².